The Labute approximate surface area is 149 Å². The van der Waals surface area contributed by atoms with Crippen molar-refractivity contribution in [1.82, 2.24) is 9.47 Å². The van der Waals surface area contributed by atoms with Crippen LogP contribution in [0.25, 0.3) is 5.69 Å². The number of likely N-dealkylation sites (tertiary alicyclic amines) is 1. The number of hydrogen-bond acceptors (Lipinski definition) is 1. The number of rotatable bonds is 2. The zero-order chi connectivity index (χ0) is 17.7. The third-order valence-electron chi connectivity index (χ3n) is 5.70. The molecule has 2 fully saturated rings. The Hall–Kier alpha value is -2.23. The highest BCUT2D eigenvalue weighted by Gasteiger charge is 2.50. The van der Waals surface area contributed by atoms with Gasteiger partial charge in [-0.15, -0.1) is 0 Å². The van der Waals surface area contributed by atoms with Crippen molar-refractivity contribution in [2.45, 2.75) is 46.1 Å². The minimum Gasteiger partial charge on any atom is -0.324 e. The van der Waals surface area contributed by atoms with Gasteiger partial charge in [0.05, 0.1) is 0 Å². The number of anilines is 1. The average Bonchev–Trinajstić information content (AvgIpc) is 3.13. The number of aromatic nitrogens is 1. The first-order valence-electron chi connectivity index (χ1n) is 9.15. The van der Waals surface area contributed by atoms with Crippen molar-refractivity contribution < 1.29 is 4.79 Å². The lowest BCUT2D eigenvalue weighted by molar-refractivity contribution is 0.130. The Balaban J connectivity index is 1.46. The van der Waals surface area contributed by atoms with Crippen molar-refractivity contribution in [3.05, 3.63) is 48.8 Å². The fourth-order valence-electron chi connectivity index (χ4n) is 5.12. The van der Waals surface area contributed by atoms with Gasteiger partial charge in [0.2, 0.25) is 0 Å². The Morgan fingerprint density at radius 2 is 1.76 bits per heavy atom. The lowest BCUT2D eigenvalue weighted by atomic mass is 9.65. The van der Waals surface area contributed by atoms with Gasteiger partial charge < -0.3 is 14.8 Å². The minimum atomic E-state index is 0.0418. The molecule has 1 aliphatic carbocycles. The molecule has 0 radical (unpaired) electrons. The van der Waals surface area contributed by atoms with E-state index in [2.05, 4.69) is 35.6 Å². The maximum absolute atomic E-state index is 12.8. The average molecular weight is 337 g/mol. The van der Waals surface area contributed by atoms with E-state index in [4.69, 9.17) is 0 Å². The molecule has 4 nitrogen and oxygen atoms in total. The Kier molecular flexibility index (Phi) is 3.67. The summed E-state index contributed by atoms with van der Waals surface area (Å²) < 4.78 is 2.05. The van der Waals surface area contributed by atoms with Crippen LogP contribution < -0.4 is 5.32 Å². The number of benzene rings is 1. The lowest BCUT2D eigenvalue weighted by Crippen LogP contribution is -2.40. The van der Waals surface area contributed by atoms with E-state index >= 15 is 0 Å². The highest BCUT2D eigenvalue weighted by atomic mass is 16.2. The molecule has 25 heavy (non-hydrogen) atoms. The molecule has 2 amide bonds. The van der Waals surface area contributed by atoms with Crippen molar-refractivity contribution in [3.63, 3.8) is 0 Å². The van der Waals surface area contributed by atoms with Crippen molar-refractivity contribution in [1.29, 1.82) is 0 Å². The maximum Gasteiger partial charge on any atom is 0.322 e. The van der Waals surface area contributed by atoms with Gasteiger partial charge in [-0.3, -0.25) is 0 Å². The molecule has 2 unspecified atom stereocenters. The van der Waals surface area contributed by atoms with Gasteiger partial charge in [-0.25, -0.2) is 4.79 Å². The SMILES string of the molecule is CC1(C)CC2CC(C)(CN2C(=O)Nc2ccc(-n3cccc3)cc2)C1. The molecule has 2 aromatic rings. The smallest absolute Gasteiger partial charge is 0.322 e. The summed E-state index contributed by atoms with van der Waals surface area (Å²) in [5.74, 6) is 0. The van der Waals surface area contributed by atoms with Crippen molar-refractivity contribution in [3.8, 4) is 5.69 Å². The first kappa shape index (κ1) is 16.2. The topological polar surface area (TPSA) is 37.3 Å². The van der Waals surface area contributed by atoms with Crippen LogP contribution in [-0.2, 0) is 0 Å². The van der Waals surface area contributed by atoms with Crippen LogP contribution in [0.3, 0.4) is 0 Å². The van der Waals surface area contributed by atoms with Gasteiger partial charge in [0.15, 0.2) is 0 Å². The van der Waals surface area contributed by atoms with Gasteiger partial charge in [-0.1, -0.05) is 20.8 Å². The number of carbonyl (C=O) groups excluding carboxylic acids is 1. The number of carbonyl (C=O) groups is 1. The van der Waals surface area contributed by atoms with Crippen LogP contribution >= 0.6 is 0 Å². The molecule has 132 valence electrons. The molecule has 1 aromatic heterocycles. The third-order valence-corrected chi connectivity index (χ3v) is 5.70. The predicted octanol–water partition coefficient (Wildman–Crippen LogP) is 4.91. The fraction of sp³-hybridized carbons (Fsp3) is 0.476. The molecule has 1 saturated heterocycles. The molecule has 1 aliphatic heterocycles. The van der Waals surface area contributed by atoms with E-state index in [1.54, 1.807) is 0 Å². The molecular formula is C21H27N3O. The summed E-state index contributed by atoms with van der Waals surface area (Å²) in [4.78, 5) is 14.9. The Morgan fingerprint density at radius 3 is 2.44 bits per heavy atom. The molecule has 4 rings (SSSR count). The van der Waals surface area contributed by atoms with E-state index < -0.39 is 0 Å². The summed E-state index contributed by atoms with van der Waals surface area (Å²) in [6, 6.07) is 12.4. The summed E-state index contributed by atoms with van der Waals surface area (Å²) in [6.45, 7) is 7.87. The van der Waals surface area contributed by atoms with Crippen molar-refractivity contribution >= 4 is 11.7 Å². The van der Waals surface area contributed by atoms with Gasteiger partial charge in [-0.2, -0.15) is 0 Å². The van der Waals surface area contributed by atoms with Gasteiger partial charge in [-0.05, 0) is 66.5 Å². The first-order chi connectivity index (χ1) is 11.8. The van der Waals surface area contributed by atoms with Crippen LogP contribution in [0.1, 0.15) is 40.0 Å². The zero-order valence-corrected chi connectivity index (χ0v) is 15.3. The predicted molar refractivity (Wildman–Crippen MR) is 101 cm³/mol. The molecule has 4 heteroatoms. The summed E-state index contributed by atoms with van der Waals surface area (Å²) in [6.07, 6.45) is 7.46. The van der Waals surface area contributed by atoms with Crippen LogP contribution in [0.2, 0.25) is 0 Å². The Bertz CT molecular complexity index is 763. The minimum absolute atomic E-state index is 0.0418. The second-order valence-corrected chi connectivity index (χ2v) is 8.91. The molecule has 1 saturated carbocycles. The van der Waals surface area contributed by atoms with E-state index in [0.29, 0.717) is 11.5 Å². The number of nitrogens with zero attached hydrogens (tertiary/aromatic N) is 2. The maximum atomic E-state index is 12.8. The Morgan fingerprint density at radius 1 is 1.08 bits per heavy atom. The normalized spacial score (nSPS) is 27.3. The standard InChI is InChI=1S/C21H27N3O/c1-20(2)12-18-13-21(3,14-20)15-24(18)19(25)22-16-6-8-17(9-7-16)23-10-4-5-11-23/h4-11,18H,12-15H2,1-3H3,(H,22,25). The molecule has 0 spiro atoms. The van der Waals surface area contributed by atoms with Crippen LogP contribution in [0.4, 0.5) is 10.5 Å². The fourth-order valence-corrected chi connectivity index (χ4v) is 5.12. The monoisotopic (exact) mass is 337 g/mol. The van der Waals surface area contributed by atoms with Crippen molar-refractivity contribution in [2.75, 3.05) is 11.9 Å². The lowest BCUT2D eigenvalue weighted by Gasteiger charge is -2.39. The zero-order valence-electron chi connectivity index (χ0n) is 15.3. The van der Waals surface area contributed by atoms with Crippen LogP contribution in [0.5, 0.6) is 0 Å². The summed E-state index contributed by atoms with van der Waals surface area (Å²) >= 11 is 0. The first-order valence-corrected chi connectivity index (χ1v) is 9.15. The van der Waals surface area contributed by atoms with Gasteiger partial charge in [0, 0.05) is 36.4 Å². The molecule has 1 N–H and O–H groups in total. The van der Waals surface area contributed by atoms with Crippen LogP contribution in [0, 0.1) is 10.8 Å². The number of hydrogen-bond donors (Lipinski definition) is 1. The van der Waals surface area contributed by atoms with Crippen LogP contribution in [-0.4, -0.2) is 28.1 Å². The van der Waals surface area contributed by atoms with E-state index in [9.17, 15) is 4.79 Å². The molecule has 1 aromatic carbocycles. The number of nitrogens with one attached hydrogen (secondary N) is 1. The second kappa shape index (κ2) is 5.65. The number of amides is 2. The molecule has 2 aliphatic rings. The van der Waals surface area contributed by atoms with Gasteiger partial charge in [0.1, 0.15) is 0 Å². The molecule has 2 atom stereocenters. The third kappa shape index (κ3) is 3.17. The van der Waals surface area contributed by atoms with Gasteiger partial charge >= 0.3 is 6.03 Å². The quantitative estimate of drug-likeness (QED) is 0.830. The van der Waals surface area contributed by atoms with E-state index in [0.717, 1.165) is 30.8 Å². The summed E-state index contributed by atoms with van der Waals surface area (Å²) in [5.41, 5.74) is 2.54. The number of urea groups is 1. The van der Waals surface area contributed by atoms with Crippen molar-refractivity contribution in [2.24, 2.45) is 10.8 Å². The number of fused-ring (bicyclic) bond motifs is 2. The van der Waals surface area contributed by atoms with E-state index in [-0.39, 0.29) is 11.4 Å². The molecule has 2 heterocycles. The molecular weight excluding hydrogens is 310 g/mol. The largest absolute Gasteiger partial charge is 0.324 e. The van der Waals surface area contributed by atoms with E-state index in [1.165, 1.54) is 6.42 Å². The van der Waals surface area contributed by atoms with Gasteiger partial charge in [0.25, 0.3) is 0 Å². The van der Waals surface area contributed by atoms with E-state index in [1.807, 2.05) is 48.8 Å². The second-order valence-electron chi connectivity index (χ2n) is 8.91. The summed E-state index contributed by atoms with van der Waals surface area (Å²) in [7, 11) is 0. The van der Waals surface area contributed by atoms with Crippen LogP contribution in [0.15, 0.2) is 48.8 Å². The summed E-state index contributed by atoms with van der Waals surface area (Å²) in [5, 5.41) is 3.09. The molecule has 2 bridgehead atoms. The highest BCUT2D eigenvalue weighted by Crippen LogP contribution is 2.52. The highest BCUT2D eigenvalue weighted by molar-refractivity contribution is 5.90.